The summed E-state index contributed by atoms with van der Waals surface area (Å²) in [4.78, 5) is 5.05. The number of hydrogen-bond donors (Lipinski definition) is 0. The smallest absolute Gasteiger partial charge is 0.145 e. The zero-order valence-electron chi connectivity index (χ0n) is 21.4. The topological polar surface area (TPSA) is 39.2 Å². The lowest BCUT2D eigenvalue weighted by Crippen LogP contribution is -1.91. The van der Waals surface area contributed by atoms with Gasteiger partial charge in [0.25, 0.3) is 0 Å². The Kier molecular flexibility index (Phi) is 4.33. The molecule has 186 valence electrons. The fourth-order valence-electron chi connectivity index (χ4n) is 6.26. The van der Waals surface area contributed by atoms with Crippen LogP contribution in [0.1, 0.15) is 0 Å². The van der Waals surface area contributed by atoms with Crippen molar-refractivity contribution in [1.82, 2.24) is 4.98 Å². The third-order valence-electron chi connectivity index (χ3n) is 8.08. The van der Waals surface area contributed by atoms with Crippen LogP contribution in [0.3, 0.4) is 0 Å². The lowest BCUT2D eigenvalue weighted by Gasteiger charge is -2.15. The molecule has 0 bridgehead atoms. The normalized spacial score (nSPS) is 12.0. The van der Waals surface area contributed by atoms with E-state index in [1.54, 1.807) is 0 Å². The standard InChI is InChI=1S/C37H21NO2/c1-2-10-25-24(9-1)23(22-17-20-34-30(21-22)26-11-4-7-15-32(26)39-34)18-19-27(25)37-35-28-12-3-6-14-31(28)38-36(35)29-13-5-8-16-33(29)40-37/h1-21H. The molecule has 7 aromatic rings. The van der Waals surface area contributed by atoms with Crippen molar-refractivity contribution in [3.05, 3.63) is 127 Å². The van der Waals surface area contributed by atoms with Gasteiger partial charge in [0.15, 0.2) is 0 Å². The summed E-state index contributed by atoms with van der Waals surface area (Å²) in [6.07, 6.45) is 0. The van der Waals surface area contributed by atoms with Crippen molar-refractivity contribution >= 4 is 54.6 Å². The van der Waals surface area contributed by atoms with E-state index in [0.717, 1.165) is 77.3 Å². The lowest BCUT2D eigenvalue weighted by molar-refractivity contribution is 0.622. The van der Waals surface area contributed by atoms with Gasteiger partial charge in [-0.2, -0.15) is 0 Å². The van der Waals surface area contributed by atoms with Crippen molar-refractivity contribution in [2.75, 3.05) is 0 Å². The van der Waals surface area contributed by atoms with Crippen LogP contribution in [0.4, 0.5) is 0 Å². The molecular formula is C37H21NO2. The molecule has 0 amide bonds. The van der Waals surface area contributed by atoms with Gasteiger partial charge in [0, 0.05) is 27.1 Å². The van der Waals surface area contributed by atoms with Crippen LogP contribution < -0.4 is 0 Å². The minimum absolute atomic E-state index is 0.832. The number of benzene rings is 6. The maximum Gasteiger partial charge on any atom is 0.145 e. The quantitative estimate of drug-likeness (QED) is 0.232. The van der Waals surface area contributed by atoms with Crippen molar-refractivity contribution in [2.45, 2.75) is 0 Å². The fourth-order valence-corrected chi connectivity index (χ4v) is 6.26. The van der Waals surface area contributed by atoms with Gasteiger partial charge in [-0.1, -0.05) is 84.9 Å². The van der Waals surface area contributed by atoms with E-state index < -0.39 is 0 Å². The molecule has 2 aliphatic rings. The van der Waals surface area contributed by atoms with Gasteiger partial charge in [-0.25, -0.2) is 4.98 Å². The summed E-state index contributed by atoms with van der Waals surface area (Å²) >= 11 is 0. The first-order valence-corrected chi connectivity index (χ1v) is 13.5. The molecule has 0 unspecified atom stereocenters. The average Bonchev–Trinajstić information content (AvgIpc) is 3.59. The van der Waals surface area contributed by atoms with Gasteiger partial charge in [0.1, 0.15) is 22.5 Å². The van der Waals surface area contributed by atoms with Gasteiger partial charge < -0.3 is 8.83 Å². The highest BCUT2D eigenvalue weighted by Gasteiger charge is 2.24. The molecule has 0 fully saturated rings. The maximum absolute atomic E-state index is 6.72. The van der Waals surface area contributed by atoms with E-state index >= 15 is 0 Å². The van der Waals surface area contributed by atoms with Crippen LogP contribution in [-0.4, -0.2) is 4.98 Å². The number of hydrogen-bond acceptors (Lipinski definition) is 3. The summed E-state index contributed by atoms with van der Waals surface area (Å²) in [6, 6.07) is 44.2. The predicted octanol–water partition coefficient (Wildman–Crippen LogP) is 10.5. The maximum atomic E-state index is 6.72. The monoisotopic (exact) mass is 511 g/mol. The minimum atomic E-state index is 0.832. The Bertz CT molecular complexity index is 2390. The zero-order valence-corrected chi connectivity index (χ0v) is 21.4. The van der Waals surface area contributed by atoms with Gasteiger partial charge in [-0.3, -0.25) is 0 Å². The molecule has 9 rings (SSSR count). The van der Waals surface area contributed by atoms with E-state index in [9.17, 15) is 0 Å². The highest BCUT2D eigenvalue weighted by molar-refractivity contribution is 6.14. The van der Waals surface area contributed by atoms with Crippen LogP contribution in [0.2, 0.25) is 0 Å². The molecule has 3 heteroatoms. The SMILES string of the molecule is c1ccc2c3c(-c4ccc(-c5ccc6oc7ccccc7c6c5)c5ccccc45)oc4ccccc4c-3nc2c1. The minimum Gasteiger partial charge on any atom is -0.456 e. The molecular weight excluding hydrogens is 490 g/mol. The van der Waals surface area contributed by atoms with Gasteiger partial charge in [0.05, 0.1) is 16.8 Å². The predicted molar refractivity (Wildman–Crippen MR) is 164 cm³/mol. The fraction of sp³-hybridized carbons (Fsp3) is 0. The van der Waals surface area contributed by atoms with E-state index in [4.69, 9.17) is 13.8 Å². The first kappa shape index (κ1) is 21.5. The molecule has 6 aromatic carbocycles. The van der Waals surface area contributed by atoms with Crippen LogP contribution in [0.15, 0.2) is 136 Å². The zero-order chi connectivity index (χ0) is 26.2. The Morgan fingerprint density at radius 2 is 1.02 bits per heavy atom. The second-order valence-electron chi connectivity index (χ2n) is 10.3. The van der Waals surface area contributed by atoms with Crippen molar-refractivity contribution in [3.8, 4) is 33.7 Å². The van der Waals surface area contributed by atoms with Gasteiger partial charge in [0.2, 0.25) is 0 Å². The summed E-state index contributed by atoms with van der Waals surface area (Å²) in [5.74, 6) is 0.849. The summed E-state index contributed by atoms with van der Waals surface area (Å²) in [5, 5.41) is 6.71. The van der Waals surface area contributed by atoms with Crippen molar-refractivity contribution in [2.24, 2.45) is 0 Å². The van der Waals surface area contributed by atoms with Crippen LogP contribution in [0.5, 0.6) is 0 Å². The van der Waals surface area contributed by atoms with E-state index in [0.29, 0.717) is 0 Å². The highest BCUT2D eigenvalue weighted by atomic mass is 16.3. The Morgan fingerprint density at radius 3 is 1.85 bits per heavy atom. The number of aromatic nitrogens is 1. The molecule has 0 radical (unpaired) electrons. The van der Waals surface area contributed by atoms with Gasteiger partial charge in [-0.15, -0.1) is 0 Å². The van der Waals surface area contributed by atoms with E-state index in [1.807, 2.05) is 36.4 Å². The van der Waals surface area contributed by atoms with Gasteiger partial charge >= 0.3 is 0 Å². The van der Waals surface area contributed by atoms with Crippen molar-refractivity contribution in [3.63, 3.8) is 0 Å². The van der Waals surface area contributed by atoms with E-state index in [1.165, 1.54) is 10.9 Å². The Labute approximate surface area is 229 Å². The van der Waals surface area contributed by atoms with Crippen LogP contribution in [0, 0.1) is 0 Å². The first-order chi connectivity index (χ1) is 19.8. The van der Waals surface area contributed by atoms with E-state index in [-0.39, 0.29) is 0 Å². The molecule has 2 aliphatic heterocycles. The number of furan rings is 1. The summed E-state index contributed by atoms with van der Waals surface area (Å²) in [5.41, 5.74) is 9.04. The molecule has 0 aliphatic carbocycles. The molecule has 0 spiro atoms. The highest BCUT2D eigenvalue weighted by Crippen LogP contribution is 2.46. The second-order valence-corrected chi connectivity index (χ2v) is 10.3. The van der Waals surface area contributed by atoms with Crippen LogP contribution >= 0.6 is 0 Å². The van der Waals surface area contributed by atoms with E-state index in [2.05, 4.69) is 91.0 Å². The molecule has 40 heavy (non-hydrogen) atoms. The summed E-state index contributed by atoms with van der Waals surface area (Å²) in [7, 11) is 0. The van der Waals surface area contributed by atoms with Crippen LogP contribution in [-0.2, 0) is 0 Å². The van der Waals surface area contributed by atoms with Gasteiger partial charge in [-0.05, 0) is 64.4 Å². The van der Waals surface area contributed by atoms with Crippen molar-refractivity contribution < 1.29 is 8.83 Å². The number of nitrogens with zero attached hydrogens (tertiary/aromatic N) is 1. The number of para-hydroxylation sites is 3. The molecule has 1 aromatic heterocycles. The molecule has 3 heterocycles. The van der Waals surface area contributed by atoms with Crippen molar-refractivity contribution in [1.29, 1.82) is 0 Å². The number of fused-ring (bicyclic) bond motifs is 9. The molecule has 0 atom stereocenters. The van der Waals surface area contributed by atoms with Crippen LogP contribution in [0.25, 0.3) is 88.3 Å². The largest absolute Gasteiger partial charge is 0.456 e. The second kappa shape index (κ2) is 8.05. The molecule has 0 saturated carbocycles. The molecule has 0 saturated heterocycles. The molecule has 3 nitrogen and oxygen atoms in total. The molecule has 0 N–H and O–H groups in total. The Balaban J connectivity index is 1.34. The Morgan fingerprint density at radius 1 is 0.425 bits per heavy atom. The first-order valence-electron chi connectivity index (χ1n) is 13.5. The Hall–Kier alpha value is -5.41. The number of rotatable bonds is 2. The lowest BCUT2D eigenvalue weighted by atomic mass is 9.91. The third-order valence-corrected chi connectivity index (χ3v) is 8.08. The summed E-state index contributed by atoms with van der Waals surface area (Å²) in [6.45, 7) is 0. The summed E-state index contributed by atoms with van der Waals surface area (Å²) < 4.78 is 12.8. The average molecular weight is 512 g/mol. The third kappa shape index (κ3) is 2.97.